The van der Waals surface area contributed by atoms with Crippen molar-refractivity contribution in [3.63, 3.8) is 0 Å². The van der Waals surface area contributed by atoms with Gasteiger partial charge in [0.2, 0.25) is 0 Å². The number of hydrogen-bond donors (Lipinski definition) is 1. The molecule has 0 radical (unpaired) electrons. The van der Waals surface area contributed by atoms with Gasteiger partial charge >= 0.3 is 0 Å². The van der Waals surface area contributed by atoms with Crippen molar-refractivity contribution in [3.8, 4) is 17.6 Å². The first-order valence-corrected chi connectivity index (χ1v) is 5.76. The summed E-state index contributed by atoms with van der Waals surface area (Å²) in [6.45, 7) is 0. The van der Waals surface area contributed by atoms with Gasteiger partial charge in [0.25, 0.3) is 0 Å². The van der Waals surface area contributed by atoms with Crippen LogP contribution in [0.25, 0.3) is 0 Å². The fourth-order valence-electron chi connectivity index (χ4n) is 1.83. The molecule has 0 atom stereocenters. The minimum absolute atomic E-state index is 0.211. The first-order valence-electron chi connectivity index (χ1n) is 5.76. The average Bonchev–Trinajstić information content (AvgIpc) is 2.46. The molecule has 0 aromatic heterocycles. The summed E-state index contributed by atoms with van der Waals surface area (Å²) in [5.41, 5.74) is 2.20. The Morgan fingerprint density at radius 3 is 2.42 bits per heavy atom. The molecule has 0 saturated carbocycles. The predicted molar refractivity (Wildman–Crippen MR) is 73.9 cm³/mol. The molecule has 1 N–H and O–H groups in total. The molecule has 0 bridgehead atoms. The molecule has 2 rings (SSSR count). The molecule has 4 heteroatoms. The SMILES string of the molecule is COc1ccc(C#N)c(N(C)c2ccc(O)cc2)c1. The maximum absolute atomic E-state index is 9.30. The Kier molecular flexibility index (Phi) is 3.58. The Morgan fingerprint density at radius 2 is 1.84 bits per heavy atom. The van der Waals surface area contributed by atoms with Crippen LogP contribution in [0.3, 0.4) is 0 Å². The molecule has 0 aliphatic carbocycles. The quantitative estimate of drug-likeness (QED) is 0.914. The lowest BCUT2D eigenvalue weighted by atomic mass is 10.1. The molecular formula is C15H14N2O2. The number of benzene rings is 2. The van der Waals surface area contributed by atoms with Gasteiger partial charge in [-0.2, -0.15) is 5.26 Å². The van der Waals surface area contributed by atoms with Crippen molar-refractivity contribution in [1.82, 2.24) is 0 Å². The molecule has 4 nitrogen and oxygen atoms in total. The molecule has 19 heavy (non-hydrogen) atoms. The number of ether oxygens (including phenoxy) is 1. The van der Waals surface area contributed by atoms with Gasteiger partial charge in [0.1, 0.15) is 17.6 Å². The number of aromatic hydroxyl groups is 1. The Labute approximate surface area is 112 Å². The zero-order valence-corrected chi connectivity index (χ0v) is 10.8. The van der Waals surface area contributed by atoms with Crippen molar-refractivity contribution in [2.45, 2.75) is 0 Å². The zero-order chi connectivity index (χ0) is 13.8. The standard InChI is InChI=1S/C15H14N2O2/c1-17(12-4-6-13(18)7-5-12)15-9-14(19-2)8-3-11(15)10-16/h3-9,18H,1-2H3. The van der Waals surface area contributed by atoms with Crippen LogP contribution in [0, 0.1) is 11.3 Å². The van der Waals surface area contributed by atoms with E-state index in [1.165, 1.54) is 0 Å². The highest BCUT2D eigenvalue weighted by Gasteiger charge is 2.10. The second kappa shape index (κ2) is 5.32. The van der Waals surface area contributed by atoms with Crippen molar-refractivity contribution in [3.05, 3.63) is 48.0 Å². The topological polar surface area (TPSA) is 56.5 Å². The number of hydrogen-bond acceptors (Lipinski definition) is 4. The summed E-state index contributed by atoms with van der Waals surface area (Å²) in [6, 6.07) is 14.3. The van der Waals surface area contributed by atoms with E-state index in [0.29, 0.717) is 11.3 Å². The van der Waals surface area contributed by atoms with Crippen LogP contribution in [-0.2, 0) is 0 Å². The van der Waals surface area contributed by atoms with Gasteiger partial charge in [-0.25, -0.2) is 0 Å². The molecule has 0 amide bonds. The largest absolute Gasteiger partial charge is 0.508 e. The third kappa shape index (κ3) is 2.61. The van der Waals surface area contributed by atoms with Crippen molar-refractivity contribution >= 4 is 11.4 Å². The highest BCUT2D eigenvalue weighted by Crippen LogP contribution is 2.30. The number of phenols is 1. The van der Waals surface area contributed by atoms with Crippen molar-refractivity contribution in [1.29, 1.82) is 5.26 Å². The first-order chi connectivity index (χ1) is 9.15. The van der Waals surface area contributed by atoms with Gasteiger partial charge < -0.3 is 14.7 Å². The first kappa shape index (κ1) is 12.8. The van der Waals surface area contributed by atoms with Crippen LogP contribution in [0.4, 0.5) is 11.4 Å². The molecule has 0 saturated heterocycles. The van der Waals surface area contributed by atoms with Gasteiger partial charge in [0.15, 0.2) is 0 Å². The van der Waals surface area contributed by atoms with E-state index >= 15 is 0 Å². The van der Waals surface area contributed by atoms with E-state index in [9.17, 15) is 5.11 Å². The second-order valence-electron chi connectivity index (χ2n) is 4.07. The van der Waals surface area contributed by atoms with Crippen LogP contribution in [-0.4, -0.2) is 19.3 Å². The number of nitrogens with zero attached hydrogens (tertiary/aromatic N) is 2. The fourth-order valence-corrected chi connectivity index (χ4v) is 1.83. The molecule has 0 heterocycles. The minimum atomic E-state index is 0.211. The van der Waals surface area contributed by atoms with Gasteiger partial charge in [-0.15, -0.1) is 0 Å². The van der Waals surface area contributed by atoms with E-state index in [0.717, 1.165) is 11.4 Å². The molecule has 0 fully saturated rings. The third-order valence-electron chi connectivity index (χ3n) is 2.92. The fraction of sp³-hybridized carbons (Fsp3) is 0.133. The van der Waals surface area contributed by atoms with Crippen LogP contribution < -0.4 is 9.64 Å². The molecule has 2 aromatic rings. The monoisotopic (exact) mass is 254 g/mol. The van der Waals surface area contributed by atoms with E-state index in [-0.39, 0.29) is 5.75 Å². The summed E-state index contributed by atoms with van der Waals surface area (Å²) in [7, 11) is 3.45. The second-order valence-corrected chi connectivity index (χ2v) is 4.07. The van der Waals surface area contributed by atoms with Gasteiger partial charge in [0.05, 0.1) is 18.4 Å². The Morgan fingerprint density at radius 1 is 1.16 bits per heavy atom. The van der Waals surface area contributed by atoms with Gasteiger partial charge in [-0.1, -0.05) is 0 Å². The maximum Gasteiger partial charge on any atom is 0.121 e. The van der Waals surface area contributed by atoms with E-state index in [1.807, 2.05) is 18.0 Å². The van der Waals surface area contributed by atoms with Crippen molar-refractivity contribution < 1.29 is 9.84 Å². The molecule has 2 aromatic carbocycles. The van der Waals surface area contributed by atoms with Crippen LogP contribution >= 0.6 is 0 Å². The van der Waals surface area contributed by atoms with E-state index < -0.39 is 0 Å². The van der Waals surface area contributed by atoms with E-state index in [4.69, 9.17) is 10.00 Å². The summed E-state index contributed by atoms with van der Waals surface area (Å²) in [4.78, 5) is 1.88. The molecular weight excluding hydrogens is 240 g/mol. The molecule has 0 unspecified atom stereocenters. The average molecular weight is 254 g/mol. The summed E-state index contributed by atoms with van der Waals surface area (Å²) in [5, 5.41) is 18.5. The normalized spacial score (nSPS) is 9.74. The molecule has 0 aliphatic rings. The highest BCUT2D eigenvalue weighted by atomic mass is 16.5. The smallest absolute Gasteiger partial charge is 0.121 e. The van der Waals surface area contributed by atoms with Gasteiger partial charge in [0, 0.05) is 18.8 Å². The van der Waals surface area contributed by atoms with E-state index in [2.05, 4.69) is 6.07 Å². The summed E-state index contributed by atoms with van der Waals surface area (Å²) >= 11 is 0. The zero-order valence-electron chi connectivity index (χ0n) is 10.8. The lowest BCUT2D eigenvalue weighted by molar-refractivity contribution is 0.415. The predicted octanol–water partition coefficient (Wildman–Crippen LogP) is 3.04. The van der Waals surface area contributed by atoms with Crippen LogP contribution in [0.1, 0.15) is 5.56 Å². The van der Waals surface area contributed by atoms with Crippen LogP contribution in [0.15, 0.2) is 42.5 Å². The minimum Gasteiger partial charge on any atom is -0.508 e. The number of phenolic OH excluding ortho intramolecular Hbond substituents is 1. The van der Waals surface area contributed by atoms with Crippen LogP contribution in [0.5, 0.6) is 11.5 Å². The Balaban J connectivity index is 2.45. The van der Waals surface area contributed by atoms with Crippen LogP contribution in [0.2, 0.25) is 0 Å². The maximum atomic E-state index is 9.30. The molecule has 0 aliphatic heterocycles. The van der Waals surface area contributed by atoms with Crippen molar-refractivity contribution in [2.75, 3.05) is 19.1 Å². The number of methoxy groups -OCH3 is 1. The number of anilines is 2. The Bertz CT molecular complexity index is 615. The summed E-state index contributed by atoms with van der Waals surface area (Å²) < 4.78 is 5.18. The lowest BCUT2D eigenvalue weighted by Crippen LogP contribution is -2.11. The molecule has 0 spiro atoms. The third-order valence-corrected chi connectivity index (χ3v) is 2.92. The van der Waals surface area contributed by atoms with Gasteiger partial charge in [-0.3, -0.25) is 0 Å². The summed E-state index contributed by atoms with van der Waals surface area (Å²) in [6.07, 6.45) is 0. The summed E-state index contributed by atoms with van der Waals surface area (Å²) in [5.74, 6) is 0.905. The highest BCUT2D eigenvalue weighted by molar-refractivity contribution is 5.70. The number of nitriles is 1. The number of rotatable bonds is 3. The molecule has 96 valence electrons. The van der Waals surface area contributed by atoms with Crippen molar-refractivity contribution in [2.24, 2.45) is 0 Å². The van der Waals surface area contributed by atoms with Gasteiger partial charge in [-0.05, 0) is 36.4 Å². The lowest BCUT2D eigenvalue weighted by Gasteiger charge is -2.21. The van der Waals surface area contributed by atoms with E-state index in [1.54, 1.807) is 43.5 Å². The Hall–Kier alpha value is -2.67.